The van der Waals surface area contributed by atoms with E-state index in [2.05, 4.69) is 24.3 Å². The van der Waals surface area contributed by atoms with E-state index >= 15 is 0 Å². The molecule has 1 unspecified atom stereocenters. The third-order valence-electron chi connectivity index (χ3n) is 4.40. The van der Waals surface area contributed by atoms with Gasteiger partial charge in [-0.15, -0.1) is 0 Å². The van der Waals surface area contributed by atoms with E-state index in [0.29, 0.717) is 18.7 Å². The fraction of sp³-hybridized carbons (Fsp3) is 0.300. The summed E-state index contributed by atoms with van der Waals surface area (Å²) in [6.45, 7) is 4.67. The minimum atomic E-state index is -0.647. The number of amides is 1. The summed E-state index contributed by atoms with van der Waals surface area (Å²) < 4.78 is 13.0. The van der Waals surface area contributed by atoms with Gasteiger partial charge in [0.15, 0.2) is 0 Å². The molecule has 0 aromatic heterocycles. The number of carbonyl (C=O) groups excluding carboxylic acids is 1. The monoisotopic (exact) mass is 340 g/mol. The topological polar surface area (TPSA) is 50.7 Å². The molecule has 5 heteroatoms. The number of oxime groups is 1. The van der Waals surface area contributed by atoms with E-state index in [1.54, 1.807) is 12.1 Å². The highest BCUT2D eigenvalue weighted by Crippen LogP contribution is 2.22. The zero-order valence-corrected chi connectivity index (χ0v) is 14.3. The van der Waals surface area contributed by atoms with Gasteiger partial charge in [0.25, 0.3) is 5.91 Å². The lowest BCUT2D eigenvalue weighted by Crippen LogP contribution is -2.41. The molecule has 0 spiro atoms. The second-order valence-corrected chi connectivity index (χ2v) is 6.81. The molecule has 2 aromatic carbocycles. The van der Waals surface area contributed by atoms with Crippen molar-refractivity contribution in [1.82, 2.24) is 5.32 Å². The van der Waals surface area contributed by atoms with Crippen molar-refractivity contribution in [2.24, 2.45) is 5.16 Å². The number of halogens is 1. The zero-order chi connectivity index (χ0) is 17.9. The van der Waals surface area contributed by atoms with Crippen molar-refractivity contribution in [3.63, 3.8) is 0 Å². The van der Waals surface area contributed by atoms with Crippen LogP contribution in [0.5, 0.6) is 0 Å². The maximum Gasteiger partial charge on any atom is 0.264 e. The molecule has 0 fully saturated rings. The van der Waals surface area contributed by atoms with Gasteiger partial charge >= 0.3 is 0 Å². The van der Waals surface area contributed by atoms with Crippen molar-refractivity contribution in [2.75, 3.05) is 6.54 Å². The van der Waals surface area contributed by atoms with Crippen LogP contribution in [0.15, 0.2) is 59.8 Å². The molecule has 0 saturated heterocycles. The first-order chi connectivity index (χ1) is 12.0. The highest BCUT2D eigenvalue weighted by molar-refractivity contribution is 6.04. The molecule has 1 aliphatic heterocycles. The summed E-state index contributed by atoms with van der Waals surface area (Å²) in [6.07, 6.45) is -0.268. The molecule has 25 heavy (non-hydrogen) atoms. The Morgan fingerprint density at radius 3 is 2.56 bits per heavy atom. The van der Waals surface area contributed by atoms with Crippen LogP contribution in [0.25, 0.3) is 0 Å². The Bertz CT molecular complexity index is 770. The van der Waals surface area contributed by atoms with Gasteiger partial charge < -0.3 is 10.2 Å². The molecule has 2 aromatic rings. The molecule has 0 bridgehead atoms. The van der Waals surface area contributed by atoms with E-state index in [9.17, 15) is 9.18 Å². The summed E-state index contributed by atoms with van der Waals surface area (Å²) in [5.74, 6) is -0.495. The summed E-state index contributed by atoms with van der Waals surface area (Å²) in [5, 5.41) is 6.92. The SMILES string of the molecule is CC(C)(CNC(=O)C1CC(c2ccc(F)cc2)=NO1)c1ccccc1. The quantitative estimate of drug-likeness (QED) is 0.907. The molecule has 4 nitrogen and oxygen atoms in total. The summed E-state index contributed by atoms with van der Waals surface area (Å²) in [5.41, 5.74) is 2.39. The Balaban J connectivity index is 1.56. The summed E-state index contributed by atoms with van der Waals surface area (Å²) in [7, 11) is 0. The van der Waals surface area contributed by atoms with E-state index in [-0.39, 0.29) is 17.1 Å². The molecule has 1 atom stereocenters. The maximum atomic E-state index is 13.0. The Kier molecular flexibility index (Phi) is 4.83. The number of nitrogens with one attached hydrogen (secondary N) is 1. The molecular weight excluding hydrogens is 319 g/mol. The first-order valence-electron chi connectivity index (χ1n) is 8.27. The summed E-state index contributed by atoms with van der Waals surface area (Å²) >= 11 is 0. The predicted molar refractivity (Wildman–Crippen MR) is 94.9 cm³/mol. The second kappa shape index (κ2) is 7.05. The Hall–Kier alpha value is -2.69. The van der Waals surface area contributed by atoms with Gasteiger partial charge in [-0.05, 0) is 23.3 Å². The number of rotatable bonds is 5. The van der Waals surface area contributed by atoms with Crippen LogP contribution in [0.4, 0.5) is 4.39 Å². The second-order valence-electron chi connectivity index (χ2n) is 6.81. The lowest BCUT2D eigenvalue weighted by molar-refractivity contribution is -0.131. The van der Waals surface area contributed by atoms with Gasteiger partial charge in [0.1, 0.15) is 5.82 Å². The van der Waals surface area contributed by atoms with Crippen molar-refractivity contribution in [2.45, 2.75) is 31.8 Å². The van der Waals surface area contributed by atoms with Crippen molar-refractivity contribution >= 4 is 11.6 Å². The van der Waals surface area contributed by atoms with Gasteiger partial charge in [0.2, 0.25) is 6.10 Å². The smallest absolute Gasteiger partial charge is 0.264 e. The Morgan fingerprint density at radius 1 is 1.20 bits per heavy atom. The van der Waals surface area contributed by atoms with Gasteiger partial charge in [0.05, 0.1) is 5.71 Å². The standard InChI is InChI=1S/C20H21FN2O2/c1-20(2,15-6-4-3-5-7-15)13-22-19(24)18-12-17(23-25-18)14-8-10-16(21)11-9-14/h3-11,18H,12-13H2,1-2H3,(H,22,24). The largest absolute Gasteiger partial charge is 0.382 e. The van der Waals surface area contributed by atoms with Crippen LogP contribution in [0, 0.1) is 5.82 Å². The number of benzene rings is 2. The number of hydrogen-bond acceptors (Lipinski definition) is 3. The lowest BCUT2D eigenvalue weighted by Gasteiger charge is -2.26. The van der Waals surface area contributed by atoms with E-state index < -0.39 is 6.10 Å². The van der Waals surface area contributed by atoms with E-state index in [4.69, 9.17) is 4.84 Å². The van der Waals surface area contributed by atoms with Crippen LogP contribution in [0.3, 0.4) is 0 Å². The van der Waals surface area contributed by atoms with Crippen LogP contribution in [0.2, 0.25) is 0 Å². The predicted octanol–water partition coefficient (Wildman–Crippen LogP) is 3.41. The fourth-order valence-corrected chi connectivity index (χ4v) is 2.74. The Labute approximate surface area is 146 Å². The van der Waals surface area contributed by atoms with E-state index in [0.717, 1.165) is 11.1 Å². The van der Waals surface area contributed by atoms with Gasteiger partial charge in [-0.1, -0.05) is 61.5 Å². The van der Waals surface area contributed by atoms with Gasteiger partial charge in [0, 0.05) is 18.4 Å². The molecule has 1 heterocycles. The first kappa shape index (κ1) is 17.1. The number of nitrogens with zero attached hydrogens (tertiary/aromatic N) is 1. The molecule has 130 valence electrons. The van der Waals surface area contributed by atoms with Crippen LogP contribution < -0.4 is 5.32 Å². The molecule has 3 rings (SSSR count). The fourth-order valence-electron chi connectivity index (χ4n) is 2.74. The first-order valence-corrected chi connectivity index (χ1v) is 8.27. The number of carbonyl (C=O) groups is 1. The lowest BCUT2D eigenvalue weighted by atomic mass is 9.84. The molecule has 0 aliphatic carbocycles. The zero-order valence-electron chi connectivity index (χ0n) is 14.3. The van der Waals surface area contributed by atoms with Gasteiger partial charge in [-0.3, -0.25) is 4.79 Å². The van der Waals surface area contributed by atoms with Gasteiger partial charge in [-0.2, -0.15) is 0 Å². The highest BCUT2D eigenvalue weighted by atomic mass is 19.1. The van der Waals surface area contributed by atoms with E-state index in [1.807, 2.05) is 30.3 Å². The van der Waals surface area contributed by atoms with Crippen molar-refractivity contribution in [3.8, 4) is 0 Å². The molecule has 1 aliphatic rings. The van der Waals surface area contributed by atoms with Crippen LogP contribution >= 0.6 is 0 Å². The van der Waals surface area contributed by atoms with Crippen LogP contribution in [0.1, 0.15) is 31.4 Å². The van der Waals surface area contributed by atoms with Crippen LogP contribution in [-0.4, -0.2) is 24.3 Å². The normalized spacial score (nSPS) is 16.9. The third-order valence-corrected chi connectivity index (χ3v) is 4.40. The minimum Gasteiger partial charge on any atom is -0.382 e. The minimum absolute atomic E-state index is 0.184. The van der Waals surface area contributed by atoms with Crippen molar-refractivity contribution in [1.29, 1.82) is 0 Å². The molecule has 1 amide bonds. The number of hydrogen-bond donors (Lipinski definition) is 1. The molecule has 0 radical (unpaired) electrons. The highest BCUT2D eigenvalue weighted by Gasteiger charge is 2.30. The van der Waals surface area contributed by atoms with Crippen LogP contribution in [-0.2, 0) is 15.0 Å². The summed E-state index contributed by atoms with van der Waals surface area (Å²) in [4.78, 5) is 17.6. The maximum absolute atomic E-state index is 13.0. The average Bonchev–Trinajstić information content (AvgIpc) is 3.11. The average molecular weight is 340 g/mol. The van der Waals surface area contributed by atoms with Crippen molar-refractivity contribution in [3.05, 3.63) is 71.5 Å². The third kappa shape index (κ3) is 4.05. The summed E-state index contributed by atoms with van der Waals surface area (Å²) in [6, 6.07) is 16.1. The van der Waals surface area contributed by atoms with E-state index in [1.165, 1.54) is 12.1 Å². The Morgan fingerprint density at radius 2 is 1.88 bits per heavy atom. The van der Waals surface area contributed by atoms with Gasteiger partial charge in [-0.25, -0.2) is 4.39 Å². The van der Waals surface area contributed by atoms with Crippen molar-refractivity contribution < 1.29 is 14.0 Å². The molecule has 1 N–H and O–H groups in total. The molecule has 0 saturated carbocycles. The molecular formula is C20H21FN2O2.